The zero-order valence-corrected chi connectivity index (χ0v) is 22.6. The van der Waals surface area contributed by atoms with Crippen molar-refractivity contribution in [1.82, 2.24) is 14.8 Å². The molecule has 38 heavy (non-hydrogen) atoms. The molecule has 5 aromatic rings. The number of thiazole rings is 1. The molecule has 0 bridgehead atoms. The molecule has 0 radical (unpaired) electrons. The average molecular weight is 566 g/mol. The minimum absolute atomic E-state index is 0.0525. The van der Waals surface area contributed by atoms with Gasteiger partial charge in [0.25, 0.3) is 5.91 Å². The molecular weight excluding hydrogens is 545 g/mol. The van der Waals surface area contributed by atoms with E-state index in [1.54, 1.807) is 34.8 Å². The van der Waals surface area contributed by atoms with E-state index in [2.05, 4.69) is 10.1 Å². The predicted octanol–water partition coefficient (Wildman–Crippen LogP) is 6.25. The molecule has 3 aromatic heterocycles. The van der Waals surface area contributed by atoms with E-state index in [-0.39, 0.29) is 23.7 Å². The zero-order valence-electron chi connectivity index (χ0n) is 20.3. The lowest BCUT2D eigenvalue weighted by Gasteiger charge is -2.27. The van der Waals surface area contributed by atoms with Crippen LogP contribution >= 0.6 is 34.3 Å². The number of anilines is 1. The molecule has 4 heterocycles. The monoisotopic (exact) mass is 565 g/mol. The van der Waals surface area contributed by atoms with Gasteiger partial charge in [-0.25, -0.2) is 14.1 Å². The fraction of sp³-hybridized carbons (Fsp3) is 0.185. The second-order valence-corrected chi connectivity index (χ2v) is 12.0. The van der Waals surface area contributed by atoms with E-state index in [4.69, 9.17) is 17.3 Å². The maximum atomic E-state index is 13.8. The fourth-order valence-corrected chi connectivity index (χ4v) is 7.47. The number of halogens is 2. The Kier molecular flexibility index (Phi) is 6.05. The number of thiophene rings is 1. The van der Waals surface area contributed by atoms with Gasteiger partial charge in [-0.2, -0.15) is 5.10 Å². The van der Waals surface area contributed by atoms with Gasteiger partial charge in [-0.05, 0) is 61.5 Å². The maximum absolute atomic E-state index is 13.8. The Bertz CT molecular complexity index is 1710. The van der Waals surface area contributed by atoms with Crippen LogP contribution < -0.4 is 10.6 Å². The number of aryl methyl sites for hydroxylation is 1. The lowest BCUT2D eigenvalue weighted by Crippen LogP contribution is -2.28. The van der Waals surface area contributed by atoms with E-state index in [0.717, 1.165) is 21.5 Å². The summed E-state index contributed by atoms with van der Waals surface area (Å²) in [7, 11) is 0. The third kappa shape index (κ3) is 4.00. The number of nitrogens with zero attached hydrogens (tertiary/aromatic N) is 4. The van der Waals surface area contributed by atoms with Crippen LogP contribution in [-0.4, -0.2) is 26.6 Å². The van der Waals surface area contributed by atoms with Gasteiger partial charge in [0, 0.05) is 27.8 Å². The Morgan fingerprint density at radius 1 is 1.08 bits per heavy atom. The van der Waals surface area contributed by atoms with Gasteiger partial charge in [-0.1, -0.05) is 18.5 Å². The number of primary amides is 1. The normalized spacial score (nSPS) is 19.5. The molecule has 0 saturated carbocycles. The number of fused-ring (bicyclic) bond motifs is 1. The van der Waals surface area contributed by atoms with Crippen LogP contribution in [0.5, 0.6) is 0 Å². The van der Waals surface area contributed by atoms with Crippen LogP contribution in [0.3, 0.4) is 0 Å². The molecule has 0 spiro atoms. The second kappa shape index (κ2) is 9.30. The number of carbonyl (C=O) groups excluding carboxylic acids is 2. The van der Waals surface area contributed by atoms with Crippen molar-refractivity contribution >= 4 is 62.7 Å². The minimum atomic E-state index is -0.528. The van der Waals surface area contributed by atoms with Crippen molar-refractivity contribution < 1.29 is 14.0 Å². The molecule has 192 valence electrons. The van der Waals surface area contributed by atoms with Crippen LogP contribution in [-0.2, 0) is 4.79 Å². The van der Waals surface area contributed by atoms with E-state index in [1.165, 1.54) is 34.8 Å². The smallest absolute Gasteiger partial charge is 0.260 e. The van der Waals surface area contributed by atoms with Crippen molar-refractivity contribution in [2.75, 3.05) is 4.90 Å². The lowest BCUT2D eigenvalue weighted by molar-refractivity contribution is -0.120. The van der Waals surface area contributed by atoms with Crippen LogP contribution in [0, 0.1) is 18.7 Å². The van der Waals surface area contributed by atoms with Gasteiger partial charge in [-0.15, -0.1) is 22.7 Å². The van der Waals surface area contributed by atoms with Crippen LogP contribution in [0.2, 0.25) is 4.34 Å². The molecule has 1 saturated heterocycles. The van der Waals surface area contributed by atoms with Gasteiger partial charge >= 0.3 is 0 Å². The van der Waals surface area contributed by atoms with Crippen molar-refractivity contribution in [2.45, 2.75) is 25.8 Å². The first-order valence-electron chi connectivity index (χ1n) is 11.8. The third-order valence-corrected chi connectivity index (χ3v) is 9.47. The van der Waals surface area contributed by atoms with Gasteiger partial charge in [0.15, 0.2) is 0 Å². The number of benzene rings is 2. The average Bonchev–Trinajstić information content (AvgIpc) is 3.65. The zero-order chi connectivity index (χ0) is 26.7. The predicted molar refractivity (Wildman–Crippen MR) is 148 cm³/mol. The molecule has 7 nitrogen and oxygen atoms in total. The SMILES string of the molecule is Cc1nc(C2C(C)C(=O)N(c3ccc4c(cnn4-c4ccc(F)cc4)c3)C2c2ccc(Cl)s2)sc1C(N)=O. The van der Waals surface area contributed by atoms with Crippen LogP contribution in [0.25, 0.3) is 16.6 Å². The first-order chi connectivity index (χ1) is 18.2. The molecule has 3 atom stereocenters. The summed E-state index contributed by atoms with van der Waals surface area (Å²) >= 11 is 8.99. The Morgan fingerprint density at radius 2 is 1.82 bits per heavy atom. The molecule has 6 rings (SSSR count). The van der Waals surface area contributed by atoms with E-state index < -0.39 is 11.8 Å². The number of amides is 2. The van der Waals surface area contributed by atoms with Crippen molar-refractivity contribution in [3.8, 4) is 5.69 Å². The molecule has 3 unspecified atom stereocenters. The quantitative estimate of drug-likeness (QED) is 0.272. The van der Waals surface area contributed by atoms with Crippen LogP contribution in [0.15, 0.2) is 60.8 Å². The standard InChI is InChI=1S/C27H21ClFN5O2S2/c1-13-22(26-32-14(2)24(38-26)25(30)35)23(20-9-10-21(28)37-20)33(27(13)36)18-7-8-19-15(11-18)12-31-34(19)17-5-3-16(29)4-6-17/h3-13,22-23H,1-2H3,(H2,30,35). The molecule has 11 heteroatoms. The number of carbonyl (C=O) groups is 2. The summed E-state index contributed by atoms with van der Waals surface area (Å²) in [6.07, 6.45) is 1.73. The number of rotatable bonds is 5. The first kappa shape index (κ1) is 24.7. The molecule has 2 N–H and O–H groups in total. The summed E-state index contributed by atoms with van der Waals surface area (Å²) in [6.45, 7) is 3.64. The highest BCUT2D eigenvalue weighted by molar-refractivity contribution is 7.16. The number of hydrogen-bond acceptors (Lipinski definition) is 6. The van der Waals surface area contributed by atoms with Crippen molar-refractivity contribution in [1.29, 1.82) is 0 Å². The largest absolute Gasteiger partial charge is 0.365 e. The molecule has 1 aliphatic rings. The molecule has 1 aliphatic heterocycles. The summed E-state index contributed by atoms with van der Waals surface area (Å²) < 4.78 is 15.8. The highest BCUT2D eigenvalue weighted by atomic mass is 35.5. The van der Waals surface area contributed by atoms with E-state index in [9.17, 15) is 14.0 Å². The third-order valence-electron chi connectivity index (χ3n) is 6.89. The molecule has 1 fully saturated rings. The molecule has 2 amide bonds. The maximum Gasteiger partial charge on any atom is 0.260 e. The summed E-state index contributed by atoms with van der Waals surface area (Å²) in [5.41, 5.74) is 8.41. The van der Waals surface area contributed by atoms with Gasteiger partial charge in [0.2, 0.25) is 5.91 Å². The van der Waals surface area contributed by atoms with Gasteiger partial charge in [-0.3, -0.25) is 9.59 Å². The van der Waals surface area contributed by atoms with E-state index in [1.807, 2.05) is 37.3 Å². The van der Waals surface area contributed by atoms with Crippen LogP contribution in [0.4, 0.5) is 10.1 Å². The van der Waals surface area contributed by atoms with Gasteiger partial charge < -0.3 is 10.6 Å². The first-order valence-corrected chi connectivity index (χ1v) is 13.8. The topological polar surface area (TPSA) is 94.1 Å². The summed E-state index contributed by atoms with van der Waals surface area (Å²) in [5.74, 6) is -1.60. The Balaban J connectivity index is 1.46. The van der Waals surface area contributed by atoms with Crippen molar-refractivity contribution in [3.63, 3.8) is 0 Å². The van der Waals surface area contributed by atoms with Gasteiger partial charge in [0.1, 0.15) is 10.7 Å². The number of aromatic nitrogens is 3. The lowest BCUT2D eigenvalue weighted by atomic mass is 9.91. The Morgan fingerprint density at radius 3 is 2.47 bits per heavy atom. The summed E-state index contributed by atoms with van der Waals surface area (Å²) in [4.78, 5) is 33.6. The number of nitrogens with two attached hydrogens (primary N) is 1. The van der Waals surface area contributed by atoms with E-state index >= 15 is 0 Å². The molecule has 2 aromatic carbocycles. The van der Waals surface area contributed by atoms with Crippen molar-refractivity contribution in [3.05, 3.63) is 91.4 Å². The van der Waals surface area contributed by atoms with Crippen molar-refractivity contribution in [2.24, 2.45) is 11.7 Å². The minimum Gasteiger partial charge on any atom is -0.365 e. The molecule has 0 aliphatic carbocycles. The highest BCUT2D eigenvalue weighted by Gasteiger charge is 2.50. The Hall–Kier alpha value is -3.60. The summed E-state index contributed by atoms with van der Waals surface area (Å²) in [5, 5.41) is 6.02. The Labute approximate surface area is 230 Å². The van der Waals surface area contributed by atoms with E-state index in [0.29, 0.717) is 25.6 Å². The highest BCUT2D eigenvalue weighted by Crippen LogP contribution is 2.52. The fourth-order valence-electron chi connectivity index (χ4n) is 5.12. The van der Waals surface area contributed by atoms with Crippen LogP contribution in [0.1, 0.15) is 44.1 Å². The second-order valence-electron chi connectivity index (χ2n) is 9.22. The number of hydrogen-bond donors (Lipinski definition) is 1. The van der Waals surface area contributed by atoms with Gasteiger partial charge in [0.05, 0.1) is 38.5 Å². The molecular formula is C27H21ClFN5O2S2. The summed E-state index contributed by atoms with van der Waals surface area (Å²) in [6, 6.07) is 15.2.